The second-order valence-corrected chi connectivity index (χ2v) is 8.03. The molecule has 0 heterocycles. The first kappa shape index (κ1) is 18.0. The molecule has 1 rings (SSSR count). The summed E-state index contributed by atoms with van der Waals surface area (Å²) in [7, 11) is 0. The number of aliphatic hydroxyl groups is 1. The largest absolute Gasteiger partial charge is 0.389 e. The lowest BCUT2D eigenvalue weighted by molar-refractivity contribution is -0.110. The predicted octanol–water partition coefficient (Wildman–Crippen LogP) is 6.09. The first-order chi connectivity index (χ1) is 9.42. The molecule has 1 heteroatoms. The van der Waals surface area contributed by atoms with Gasteiger partial charge in [-0.1, -0.05) is 85.5 Å². The molecule has 1 unspecified atom stereocenters. The molecule has 0 bridgehead atoms. The summed E-state index contributed by atoms with van der Waals surface area (Å²) in [4.78, 5) is 0. The molecule has 0 aliphatic heterocycles. The normalized spacial score (nSPS) is 20.2. The molecule has 0 radical (unpaired) electrons. The maximum Gasteiger partial charge on any atom is 0.0723 e. The minimum atomic E-state index is -0.438. The van der Waals surface area contributed by atoms with Crippen LogP contribution in [-0.2, 0) is 0 Å². The zero-order chi connectivity index (χ0) is 15.1. The van der Waals surface area contributed by atoms with Crippen molar-refractivity contribution in [3.8, 4) is 0 Å². The lowest BCUT2D eigenvalue weighted by Crippen LogP contribution is -2.48. The standard InChI is InChI=1S/C19H38O/c1-5-6-7-8-9-10-13-16-19(20,18(2,3)4)17-14-11-12-15-17/h17,20H,5-16H2,1-4H3. The maximum atomic E-state index is 11.3. The third-order valence-corrected chi connectivity index (χ3v) is 5.49. The lowest BCUT2D eigenvalue weighted by atomic mass is 9.66. The van der Waals surface area contributed by atoms with Gasteiger partial charge in [0.05, 0.1) is 5.60 Å². The van der Waals surface area contributed by atoms with Crippen LogP contribution in [0.2, 0.25) is 0 Å². The SMILES string of the molecule is CCCCCCCCCC(O)(C1CCCC1)C(C)(C)C. The molecule has 1 nitrogen and oxygen atoms in total. The highest BCUT2D eigenvalue weighted by Gasteiger charge is 2.46. The predicted molar refractivity (Wildman–Crippen MR) is 89.0 cm³/mol. The number of hydrogen-bond donors (Lipinski definition) is 1. The molecule has 0 saturated heterocycles. The summed E-state index contributed by atoms with van der Waals surface area (Å²) in [5.41, 5.74) is -0.420. The molecule has 1 aliphatic rings. The highest BCUT2D eigenvalue weighted by molar-refractivity contribution is 4.97. The van der Waals surface area contributed by atoms with Gasteiger partial charge in [0.15, 0.2) is 0 Å². The van der Waals surface area contributed by atoms with Crippen molar-refractivity contribution < 1.29 is 5.11 Å². The van der Waals surface area contributed by atoms with Crippen LogP contribution in [0.1, 0.15) is 105 Å². The summed E-state index contributed by atoms with van der Waals surface area (Å²) < 4.78 is 0. The third kappa shape index (κ3) is 5.06. The van der Waals surface area contributed by atoms with Crippen LogP contribution in [-0.4, -0.2) is 10.7 Å². The second-order valence-electron chi connectivity index (χ2n) is 8.03. The Morgan fingerprint density at radius 3 is 1.85 bits per heavy atom. The molecule has 1 atom stereocenters. The summed E-state index contributed by atoms with van der Waals surface area (Å²) >= 11 is 0. The van der Waals surface area contributed by atoms with Crippen molar-refractivity contribution in [2.75, 3.05) is 0 Å². The van der Waals surface area contributed by atoms with Crippen molar-refractivity contribution in [1.82, 2.24) is 0 Å². The van der Waals surface area contributed by atoms with Crippen molar-refractivity contribution in [3.63, 3.8) is 0 Å². The fraction of sp³-hybridized carbons (Fsp3) is 1.00. The molecule has 1 N–H and O–H groups in total. The van der Waals surface area contributed by atoms with Gasteiger partial charge < -0.3 is 5.11 Å². The number of unbranched alkanes of at least 4 members (excludes halogenated alkanes) is 6. The topological polar surface area (TPSA) is 20.2 Å². The summed E-state index contributed by atoms with van der Waals surface area (Å²) in [6.07, 6.45) is 15.5. The number of rotatable bonds is 9. The van der Waals surface area contributed by atoms with Gasteiger partial charge in [-0.15, -0.1) is 0 Å². The van der Waals surface area contributed by atoms with E-state index in [-0.39, 0.29) is 5.41 Å². The first-order valence-electron chi connectivity index (χ1n) is 9.14. The minimum absolute atomic E-state index is 0.0181. The van der Waals surface area contributed by atoms with Crippen molar-refractivity contribution in [2.45, 2.75) is 110 Å². The quantitative estimate of drug-likeness (QED) is 0.507. The van der Waals surface area contributed by atoms with E-state index in [1.54, 1.807) is 0 Å². The Morgan fingerprint density at radius 1 is 0.850 bits per heavy atom. The van der Waals surface area contributed by atoms with Crippen molar-refractivity contribution in [1.29, 1.82) is 0 Å². The molecule has 0 aromatic heterocycles. The van der Waals surface area contributed by atoms with Crippen LogP contribution in [0.3, 0.4) is 0 Å². The van der Waals surface area contributed by atoms with Gasteiger partial charge in [0, 0.05) is 0 Å². The van der Waals surface area contributed by atoms with E-state index in [0.717, 1.165) is 6.42 Å². The van der Waals surface area contributed by atoms with Gasteiger partial charge in [-0.2, -0.15) is 0 Å². The van der Waals surface area contributed by atoms with Gasteiger partial charge in [0.1, 0.15) is 0 Å². The van der Waals surface area contributed by atoms with Crippen LogP contribution in [0.5, 0.6) is 0 Å². The van der Waals surface area contributed by atoms with Crippen LogP contribution >= 0.6 is 0 Å². The molecule has 1 fully saturated rings. The zero-order valence-electron chi connectivity index (χ0n) is 14.5. The van der Waals surface area contributed by atoms with E-state index in [0.29, 0.717) is 5.92 Å². The second kappa shape index (κ2) is 8.41. The van der Waals surface area contributed by atoms with E-state index < -0.39 is 5.60 Å². The van der Waals surface area contributed by atoms with Gasteiger partial charge in [-0.3, -0.25) is 0 Å². The molecular formula is C19H38O. The van der Waals surface area contributed by atoms with Gasteiger partial charge in [-0.05, 0) is 30.6 Å². The van der Waals surface area contributed by atoms with Gasteiger partial charge >= 0.3 is 0 Å². The molecule has 0 spiro atoms. The molecule has 0 aromatic carbocycles. The van der Waals surface area contributed by atoms with E-state index in [9.17, 15) is 5.11 Å². The summed E-state index contributed by atoms with van der Waals surface area (Å²) in [5.74, 6) is 0.544. The third-order valence-electron chi connectivity index (χ3n) is 5.49. The zero-order valence-corrected chi connectivity index (χ0v) is 14.5. The Labute approximate surface area is 127 Å². The van der Waals surface area contributed by atoms with E-state index in [1.165, 1.54) is 70.6 Å². The Morgan fingerprint density at radius 2 is 1.35 bits per heavy atom. The van der Waals surface area contributed by atoms with Gasteiger partial charge in [0.25, 0.3) is 0 Å². The Kier molecular flexibility index (Phi) is 7.58. The summed E-state index contributed by atoms with van der Waals surface area (Å²) in [5, 5.41) is 11.3. The molecular weight excluding hydrogens is 244 g/mol. The van der Waals surface area contributed by atoms with E-state index in [4.69, 9.17) is 0 Å². The molecule has 1 saturated carbocycles. The highest BCUT2D eigenvalue weighted by Crippen LogP contribution is 2.47. The van der Waals surface area contributed by atoms with Crippen molar-refractivity contribution in [2.24, 2.45) is 11.3 Å². The highest BCUT2D eigenvalue weighted by atomic mass is 16.3. The fourth-order valence-electron chi connectivity index (χ4n) is 3.95. The maximum absolute atomic E-state index is 11.3. The Bertz CT molecular complexity index is 247. The fourth-order valence-corrected chi connectivity index (χ4v) is 3.95. The molecule has 20 heavy (non-hydrogen) atoms. The van der Waals surface area contributed by atoms with E-state index in [2.05, 4.69) is 27.7 Å². The van der Waals surface area contributed by atoms with Crippen LogP contribution in [0, 0.1) is 11.3 Å². The Balaban J connectivity index is 2.34. The summed E-state index contributed by atoms with van der Waals surface area (Å²) in [6.45, 7) is 8.96. The number of hydrogen-bond acceptors (Lipinski definition) is 1. The molecule has 1 aliphatic carbocycles. The lowest BCUT2D eigenvalue weighted by Gasteiger charge is -2.45. The van der Waals surface area contributed by atoms with Crippen LogP contribution in [0.15, 0.2) is 0 Å². The van der Waals surface area contributed by atoms with E-state index >= 15 is 0 Å². The molecule has 0 amide bonds. The average molecular weight is 283 g/mol. The molecule has 120 valence electrons. The summed E-state index contributed by atoms with van der Waals surface area (Å²) in [6, 6.07) is 0. The van der Waals surface area contributed by atoms with Crippen LogP contribution in [0.4, 0.5) is 0 Å². The van der Waals surface area contributed by atoms with Gasteiger partial charge in [0.2, 0.25) is 0 Å². The smallest absolute Gasteiger partial charge is 0.0723 e. The van der Waals surface area contributed by atoms with E-state index in [1.807, 2.05) is 0 Å². The monoisotopic (exact) mass is 282 g/mol. The van der Waals surface area contributed by atoms with Crippen LogP contribution < -0.4 is 0 Å². The Hall–Kier alpha value is -0.0400. The van der Waals surface area contributed by atoms with Crippen molar-refractivity contribution >= 4 is 0 Å². The van der Waals surface area contributed by atoms with Gasteiger partial charge in [-0.25, -0.2) is 0 Å². The average Bonchev–Trinajstić information content (AvgIpc) is 2.90. The minimum Gasteiger partial charge on any atom is -0.389 e. The first-order valence-corrected chi connectivity index (χ1v) is 9.14. The van der Waals surface area contributed by atoms with Crippen LogP contribution in [0.25, 0.3) is 0 Å². The van der Waals surface area contributed by atoms with Crippen molar-refractivity contribution in [3.05, 3.63) is 0 Å². The molecule has 0 aromatic rings.